The molecule has 0 unspecified atom stereocenters. The van der Waals surface area contributed by atoms with Gasteiger partial charge in [-0.25, -0.2) is 4.98 Å². The summed E-state index contributed by atoms with van der Waals surface area (Å²) in [4.78, 5) is 6.88. The van der Waals surface area contributed by atoms with Gasteiger partial charge in [-0.05, 0) is 37.1 Å². The van der Waals surface area contributed by atoms with Crippen molar-refractivity contribution in [3.63, 3.8) is 0 Å². The number of aromatic nitrogens is 2. The van der Waals surface area contributed by atoms with Crippen molar-refractivity contribution >= 4 is 11.6 Å². The molecule has 0 N–H and O–H groups in total. The van der Waals surface area contributed by atoms with Crippen molar-refractivity contribution < 1.29 is 4.74 Å². The van der Waals surface area contributed by atoms with E-state index in [1.807, 2.05) is 23.7 Å². The van der Waals surface area contributed by atoms with Crippen molar-refractivity contribution in [1.29, 1.82) is 0 Å². The van der Waals surface area contributed by atoms with Crippen LogP contribution in [0.3, 0.4) is 0 Å². The van der Waals surface area contributed by atoms with Crippen LogP contribution in [-0.2, 0) is 13.6 Å². The maximum atomic E-state index is 6.07. The number of ether oxygens (including phenoxy) is 1. The van der Waals surface area contributed by atoms with Crippen LogP contribution in [0, 0.1) is 0 Å². The molecule has 3 rings (SSSR count). The molecule has 1 atom stereocenters. The number of halogens is 1. The van der Waals surface area contributed by atoms with Gasteiger partial charge >= 0.3 is 0 Å². The van der Waals surface area contributed by atoms with Crippen LogP contribution in [0.4, 0.5) is 0 Å². The molecule has 0 amide bonds. The van der Waals surface area contributed by atoms with E-state index < -0.39 is 0 Å². The van der Waals surface area contributed by atoms with Crippen LogP contribution in [0.15, 0.2) is 30.5 Å². The fourth-order valence-electron chi connectivity index (χ4n) is 2.97. The van der Waals surface area contributed by atoms with Gasteiger partial charge in [-0.15, -0.1) is 0 Å². The van der Waals surface area contributed by atoms with Gasteiger partial charge in [-0.2, -0.15) is 0 Å². The molecule has 0 aliphatic carbocycles. The molecule has 0 radical (unpaired) electrons. The number of imidazole rings is 1. The summed E-state index contributed by atoms with van der Waals surface area (Å²) in [5, 5.41) is 0.685. The SMILES string of the molecule is COc1ccc([C@H]2CCCN2Cc2ncc(Cl)n2C)cc1. The van der Waals surface area contributed by atoms with Gasteiger partial charge in [0.15, 0.2) is 0 Å². The summed E-state index contributed by atoms with van der Waals surface area (Å²) in [6, 6.07) is 8.83. The Kier molecular flexibility index (Phi) is 4.17. The van der Waals surface area contributed by atoms with Gasteiger partial charge in [-0.1, -0.05) is 23.7 Å². The standard InChI is InChI=1S/C16H20ClN3O/c1-19-15(17)10-18-16(19)11-20-9-3-4-14(20)12-5-7-13(21-2)8-6-12/h5-8,10,14H,3-4,9,11H2,1-2H3/t14-/m1/s1. The van der Waals surface area contributed by atoms with Crippen LogP contribution in [0.2, 0.25) is 5.15 Å². The molecule has 2 heterocycles. The number of likely N-dealkylation sites (tertiary alicyclic amines) is 1. The lowest BCUT2D eigenvalue weighted by molar-refractivity contribution is 0.240. The largest absolute Gasteiger partial charge is 0.497 e. The number of hydrogen-bond acceptors (Lipinski definition) is 3. The Hall–Kier alpha value is -1.52. The Bertz CT molecular complexity index is 608. The third-order valence-electron chi connectivity index (χ3n) is 4.24. The van der Waals surface area contributed by atoms with E-state index >= 15 is 0 Å². The Morgan fingerprint density at radius 3 is 2.71 bits per heavy atom. The second-order valence-electron chi connectivity index (χ2n) is 5.46. The lowest BCUT2D eigenvalue weighted by Gasteiger charge is -2.24. The van der Waals surface area contributed by atoms with Crippen molar-refractivity contribution in [2.24, 2.45) is 7.05 Å². The number of rotatable bonds is 4. The van der Waals surface area contributed by atoms with E-state index in [2.05, 4.69) is 22.0 Å². The zero-order valence-electron chi connectivity index (χ0n) is 12.4. The Morgan fingerprint density at radius 1 is 1.33 bits per heavy atom. The lowest BCUT2D eigenvalue weighted by atomic mass is 10.0. The zero-order chi connectivity index (χ0) is 14.8. The third kappa shape index (κ3) is 2.92. The van der Waals surface area contributed by atoms with E-state index in [0.717, 1.165) is 24.7 Å². The molecule has 1 saturated heterocycles. The highest BCUT2D eigenvalue weighted by Gasteiger charge is 2.27. The molecule has 21 heavy (non-hydrogen) atoms. The minimum atomic E-state index is 0.450. The lowest BCUT2D eigenvalue weighted by Crippen LogP contribution is -2.24. The molecular formula is C16H20ClN3O. The number of hydrogen-bond donors (Lipinski definition) is 0. The predicted octanol–water partition coefficient (Wildman–Crippen LogP) is 3.42. The van der Waals surface area contributed by atoms with Crippen LogP contribution in [0.1, 0.15) is 30.3 Å². The smallest absolute Gasteiger partial charge is 0.128 e. The molecule has 0 saturated carbocycles. The van der Waals surface area contributed by atoms with Gasteiger partial charge in [0, 0.05) is 13.1 Å². The zero-order valence-corrected chi connectivity index (χ0v) is 13.2. The van der Waals surface area contributed by atoms with E-state index in [1.165, 1.54) is 18.4 Å². The highest BCUT2D eigenvalue weighted by atomic mass is 35.5. The molecule has 1 aliphatic heterocycles. The van der Waals surface area contributed by atoms with E-state index in [9.17, 15) is 0 Å². The minimum absolute atomic E-state index is 0.450. The summed E-state index contributed by atoms with van der Waals surface area (Å²) in [6.07, 6.45) is 4.12. The molecular weight excluding hydrogens is 286 g/mol. The van der Waals surface area contributed by atoms with Crippen LogP contribution in [0.25, 0.3) is 0 Å². The van der Waals surface area contributed by atoms with Gasteiger partial charge in [0.25, 0.3) is 0 Å². The van der Waals surface area contributed by atoms with Gasteiger partial charge in [0.2, 0.25) is 0 Å². The van der Waals surface area contributed by atoms with Crippen LogP contribution in [0.5, 0.6) is 5.75 Å². The highest BCUT2D eigenvalue weighted by Crippen LogP contribution is 2.33. The Balaban J connectivity index is 1.77. The van der Waals surface area contributed by atoms with Gasteiger partial charge in [-0.3, -0.25) is 4.90 Å². The molecule has 0 bridgehead atoms. The monoisotopic (exact) mass is 305 g/mol. The van der Waals surface area contributed by atoms with Crippen molar-refractivity contribution in [3.05, 3.63) is 47.0 Å². The average Bonchev–Trinajstić information content (AvgIpc) is 3.10. The first kappa shape index (κ1) is 14.4. The highest BCUT2D eigenvalue weighted by molar-refractivity contribution is 6.29. The topological polar surface area (TPSA) is 30.3 Å². The molecule has 1 aliphatic rings. The molecule has 1 aromatic heterocycles. The van der Waals surface area contributed by atoms with Crippen LogP contribution >= 0.6 is 11.6 Å². The first-order chi connectivity index (χ1) is 10.2. The second kappa shape index (κ2) is 6.08. The van der Waals surface area contributed by atoms with Crippen LogP contribution in [-0.4, -0.2) is 28.1 Å². The molecule has 4 nitrogen and oxygen atoms in total. The van der Waals surface area contributed by atoms with E-state index in [0.29, 0.717) is 11.2 Å². The normalized spacial score (nSPS) is 19.1. The summed E-state index contributed by atoms with van der Waals surface area (Å²) < 4.78 is 7.18. The Morgan fingerprint density at radius 2 is 2.10 bits per heavy atom. The molecule has 2 aromatic rings. The van der Waals surface area contributed by atoms with Crippen molar-refractivity contribution in [1.82, 2.24) is 14.5 Å². The maximum absolute atomic E-state index is 6.07. The molecule has 112 valence electrons. The van der Waals surface area contributed by atoms with E-state index in [4.69, 9.17) is 16.3 Å². The summed E-state index contributed by atoms with van der Waals surface area (Å²) in [7, 11) is 3.66. The Labute approximate surface area is 130 Å². The maximum Gasteiger partial charge on any atom is 0.128 e. The second-order valence-corrected chi connectivity index (χ2v) is 5.85. The summed E-state index contributed by atoms with van der Waals surface area (Å²) in [6.45, 7) is 1.93. The average molecular weight is 306 g/mol. The number of methoxy groups -OCH3 is 1. The number of benzene rings is 1. The van der Waals surface area contributed by atoms with Gasteiger partial charge in [0.1, 0.15) is 16.7 Å². The number of nitrogens with zero attached hydrogens (tertiary/aromatic N) is 3. The summed E-state index contributed by atoms with van der Waals surface area (Å²) in [5.41, 5.74) is 1.34. The molecule has 1 fully saturated rings. The summed E-state index contributed by atoms with van der Waals surface area (Å²) >= 11 is 6.07. The molecule has 1 aromatic carbocycles. The molecule has 5 heteroatoms. The van der Waals surface area contributed by atoms with Gasteiger partial charge < -0.3 is 9.30 Å². The quantitative estimate of drug-likeness (QED) is 0.867. The van der Waals surface area contributed by atoms with Crippen molar-refractivity contribution in [2.75, 3.05) is 13.7 Å². The minimum Gasteiger partial charge on any atom is -0.497 e. The van der Waals surface area contributed by atoms with E-state index in [1.54, 1.807) is 13.3 Å². The van der Waals surface area contributed by atoms with Crippen molar-refractivity contribution in [2.45, 2.75) is 25.4 Å². The van der Waals surface area contributed by atoms with E-state index in [-0.39, 0.29) is 0 Å². The molecule has 0 spiro atoms. The third-order valence-corrected chi connectivity index (χ3v) is 4.59. The van der Waals surface area contributed by atoms with Crippen LogP contribution < -0.4 is 4.74 Å². The first-order valence-corrected chi connectivity index (χ1v) is 7.61. The first-order valence-electron chi connectivity index (χ1n) is 7.23. The summed E-state index contributed by atoms with van der Waals surface area (Å²) in [5.74, 6) is 1.92. The fourth-order valence-corrected chi connectivity index (χ4v) is 3.12. The fraction of sp³-hybridized carbons (Fsp3) is 0.438. The predicted molar refractivity (Wildman–Crippen MR) is 83.6 cm³/mol. The van der Waals surface area contributed by atoms with Crippen molar-refractivity contribution in [3.8, 4) is 5.75 Å². The van der Waals surface area contributed by atoms with Gasteiger partial charge in [0.05, 0.1) is 19.9 Å².